The summed E-state index contributed by atoms with van der Waals surface area (Å²) in [6, 6.07) is 2.34. The standard InChI is InChI=1S/C28H52N6O4/c35-27-17-19(11-13-25(27)33-29-21-7-1-2-8-22(21)30-33)37-15-5-6-16-38-20-12-14-26(28(36)18-20)34-31-23-9-3-4-10-24(23)32-34/h19-32,35-36H,1-18H2. The van der Waals surface area contributed by atoms with Crippen molar-refractivity contribution in [2.24, 2.45) is 0 Å². The molecule has 6 aliphatic rings. The number of aliphatic hydroxyl groups is 2. The number of rotatable bonds is 9. The summed E-state index contributed by atoms with van der Waals surface area (Å²) in [5.41, 5.74) is 14.5. The van der Waals surface area contributed by atoms with E-state index >= 15 is 0 Å². The van der Waals surface area contributed by atoms with Crippen molar-refractivity contribution < 1.29 is 19.7 Å². The van der Waals surface area contributed by atoms with Crippen molar-refractivity contribution >= 4 is 0 Å². The van der Waals surface area contributed by atoms with E-state index in [2.05, 4.69) is 31.9 Å². The zero-order valence-electron chi connectivity index (χ0n) is 23.1. The average molecular weight is 537 g/mol. The van der Waals surface area contributed by atoms with Crippen molar-refractivity contribution in [1.29, 1.82) is 0 Å². The molecule has 10 unspecified atom stereocenters. The summed E-state index contributed by atoms with van der Waals surface area (Å²) in [7, 11) is 0. The lowest BCUT2D eigenvalue weighted by Gasteiger charge is -2.38. The van der Waals surface area contributed by atoms with E-state index in [1.165, 1.54) is 51.4 Å². The second-order valence-electron chi connectivity index (χ2n) is 12.8. The Hall–Kier alpha value is -0.400. The van der Waals surface area contributed by atoms with E-state index < -0.39 is 0 Å². The van der Waals surface area contributed by atoms with Crippen LogP contribution in [0, 0.1) is 0 Å². The van der Waals surface area contributed by atoms with Crippen LogP contribution in [0.3, 0.4) is 0 Å². The highest BCUT2D eigenvalue weighted by Gasteiger charge is 2.42. The fraction of sp³-hybridized carbons (Fsp3) is 1.00. The Morgan fingerprint density at radius 2 is 0.895 bits per heavy atom. The first-order chi connectivity index (χ1) is 18.6. The lowest BCUT2D eigenvalue weighted by Crippen LogP contribution is -2.55. The molecule has 6 fully saturated rings. The molecule has 0 radical (unpaired) electrons. The molecule has 0 amide bonds. The van der Waals surface area contributed by atoms with E-state index in [9.17, 15) is 10.2 Å². The molecule has 2 heterocycles. The van der Waals surface area contributed by atoms with E-state index in [-0.39, 0.29) is 36.5 Å². The first kappa shape index (κ1) is 27.8. The molecule has 2 saturated heterocycles. The lowest BCUT2D eigenvalue weighted by atomic mass is 9.90. The van der Waals surface area contributed by atoms with E-state index in [1.807, 2.05) is 0 Å². The maximum absolute atomic E-state index is 10.8. The zero-order chi connectivity index (χ0) is 25.9. The topological polar surface area (TPSA) is 114 Å². The molecule has 0 aromatic rings. The predicted octanol–water partition coefficient (Wildman–Crippen LogP) is 1.64. The fourth-order valence-electron chi connectivity index (χ4n) is 7.85. The normalized spacial score (nSPS) is 44.7. The van der Waals surface area contributed by atoms with Crippen LogP contribution < -0.4 is 21.7 Å². The van der Waals surface area contributed by atoms with Gasteiger partial charge < -0.3 is 19.7 Å². The van der Waals surface area contributed by atoms with Crippen molar-refractivity contribution in [2.75, 3.05) is 13.2 Å². The van der Waals surface area contributed by atoms with Crippen LogP contribution in [0.2, 0.25) is 0 Å². The summed E-state index contributed by atoms with van der Waals surface area (Å²) in [4.78, 5) is 0. The van der Waals surface area contributed by atoms with Crippen LogP contribution >= 0.6 is 0 Å². The van der Waals surface area contributed by atoms with E-state index in [0.29, 0.717) is 37.0 Å². The fourth-order valence-corrected chi connectivity index (χ4v) is 7.85. The molecule has 218 valence electrons. The Morgan fingerprint density at radius 1 is 0.526 bits per heavy atom. The molecule has 6 N–H and O–H groups in total. The van der Waals surface area contributed by atoms with E-state index in [1.54, 1.807) is 0 Å². The smallest absolute Gasteiger partial charge is 0.0748 e. The molecular weight excluding hydrogens is 484 g/mol. The Morgan fingerprint density at radius 3 is 1.24 bits per heavy atom. The molecular formula is C28H52N6O4. The molecule has 6 rings (SSSR count). The number of fused-ring (bicyclic) bond motifs is 2. The van der Waals surface area contributed by atoms with E-state index in [4.69, 9.17) is 9.47 Å². The third-order valence-corrected chi connectivity index (χ3v) is 10.1. The summed E-state index contributed by atoms with van der Waals surface area (Å²) in [5.74, 6) is 0. The van der Waals surface area contributed by atoms with Gasteiger partial charge in [-0.05, 0) is 64.2 Å². The molecule has 10 nitrogen and oxygen atoms in total. The maximum atomic E-state index is 10.8. The number of nitrogens with zero attached hydrogens (tertiary/aromatic N) is 2. The van der Waals surface area contributed by atoms with Gasteiger partial charge in [-0.1, -0.05) is 25.7 Å². The first-order valence-corrected chi connectivity index (χ1v) is 15.9. The number of aliphatic hydroxyl groups excluding tert-OH is 2. The van der Waals surface area contributed by atoms with Crippen molar-refractivity contribution in [3.05, 3.63) is 0 Å². The number of hydrogen-bond acceptors (Lipinski definition) is 10. The van der Waals surface area contributed by atoms with Crippen LogP contribution in [-0.4, -0.2) is 94.3 Å². The third-order valence-electron chi connectivity index (χ3n) is 10.1. The Bertz CT molecular complexity index is 662. The van der Waals surface area contributed by atoms with Crippen molar-refractivity contribution in [3.8, 4) is 0 Å². The van der Waals surface area contributed by atoms with Gasteiger partial charge in [-0.15, -0.1) is 0 Å². The second kappa shape index (κ2) is 13.1. The van der Waals surface area contributed by atoms with Gasteiger partial charge in [0.1, 0.15) is 0 Å². The molecule has 10 heteroatoms. The number of hydrazine groups is 4. The van der Waals surface area contributed by atoms with Gasteiger partial charge in [0, 0.05) is 50.2 Å². The van der Waals surface area contributed by atoms with Crippen molar-refractivity contribution in [1.82, 2.24) is 31.9 Å². The van der Waals surface area contributed by atoms with Gasteiger partial charge in [0.15, 0.2) is 0 Å². The number of hydrogen-bond donors (Lipinski definition) is 6. The predicted molar refractivity (Wildman–Crippen MR) is 144 cm³/mol. The minimum Gasteiger partial charge on any atom is -0.391 e. The maximum Gasteiger partial charge on any atom is 0.0748 e. The van der Waals surface area contributed by atoms with E-state index in [0.717, 1.165) is 51.7 Å². The Balaban J connectivity index is 0.819. The monoisotopic (exact) mass is 536 g/mol. The summed E-state index contributed by atoms with van der Waals surface area (Å²) >= 11 is 0. The summed E-state index contributed by atoms with van der Waals surface area (Å²) in [6.07, 6.45) is 16.9. The molecule has 10 atom stereocenters. The highest BCUT2D eigenvalue weighted by molar-refractivity contribution is 4.95. The molecule has 2 aliphatic heterocycles. The minimum atomic E-state index is -0.367. The second-order valence-corrected chi connectivity index (χ2v) is 12.8. The molecule has 4 aliphatic carbocycles. The summed E-state index contributed by atoms with van der Waals surface area (Å²) in [5, 5.41) is 25.9. The molecule has 0 bridgehead atoms. The SMILES string of the molecule is OC1CC(OCCCCOC2CCC(N3NC4CCCCC4N3)C(O)C2)CCC1N1NC2CCCCC2N1. The highest BCUT2D eigenvalue weighted by Crippen LogP contribution is 2.31. The van der Waals surface area contributed by atoms with Crippen molar-refractivity contribution in [2.45, 2.75) is 163 Å². The first-order valence-electron chi connectivity index (χ1n) is 15.9. The molecule has 0 aromatic heterocycles. The minimum absolute atomic E-state index is 0.125. The number of ether oxygens (including phenoxy) is 2. The molecule has 0 spiro atoms. The third kappa shape index (κ3) is 6.56. The van der Waals surface area contributed by atoms with Gasteiger partial charge in [-0.2, -0.15) is 10.2 Å². The zero-order valence-corrected chi connectivity index (χ0v) is 23.1. The van der Waals surface area contributed by atoms with Crippen LogP contribution in [0.25, 0.3) is 0 Å². The van der Waals surface area contributed by atoms with Crippen LogP contribution in [0.5, 0.6) is 0 Å². The van der Waals surface area contributed by atoms with Gasteiger partial charge in [0.05, 0.1) is 36.5 Å². The van der Waals surface area contributed by atoms with Crippen LogP contribution in [0.1, 0.15) is 103 Å². The van der Waals surface area contributed by atoms with Crippen LogP contribution in [0.15, 0.2) is 0 Å². The average Bonchev–Trinajstić information content (AvgIpc) is 3.55. The van der Waals surface area contributed by atoms with Gasteiger partial charge in [0.2, 0.25) is 0 Å². The summed E-state index contributed by atoms with van der Waals surface area (Å²) in [6.45, 7) is 1.44. The lowest BCUT2D eigenvalue weighted by molar-refractivity contribution is -0.0801. The molecule has 4 saturated carbocycles. The van der Waals surface area contributed by atoms with Crippen LogP contribution in [-0.2, 0) is 9.47 Å². The number of unbranched alkanes of at least 4 members (excludes halogenated alkanes) is 1. The Labute approximate surface area is 228 Å². The number of nitrogens with one attached hydrogen (secondary N) is 4. The molecule has 38 heavy (non-hydrogen) atoms. The van der Waals surface area contributed by atoms with Crippen LogP contribution in [0.4, 0.5) is 0 Å². The highest BCUT2D eigenvalue weighted by atomic mass is 16.5. The van der Waals surface area contributed by atoms with Gasteiger partial charge in [-0.25, -0.2) is 21.7 Å². The Kier molecular flexibility index (Phi) is 9.54. The molecule has 0 aromatic carbocycles. The van der Waals surface area contributed by atoms with Gasteiger partial charge in [-0.3, -0.25) is 0 Å². The van der Waals surface area contributed by atoms with Gasteiger partial charge in [0.25, 0.3) is 0 Å². The quantitative estimate of drug-likeness (QED) is 0.243. The largest absolute Gasteiger partial charge is 0.391 e. The summed E-state index contributed by atoms with van der Waals surface area (Å²) < 4.78 is 12.3. The van der Waals surface area contributed by atoms with Crippen molar-refractivity contribution in [3.63, 3.8) is 0 Å². The van der Waals surface area contributed by atoms with Gasteiger partial charge >= 0.3 is 0 Å².